The van der Waals surface area contributed by atoms with Gasteiger partial charge in [-0.25, -0.2) is 9.78 Å². The molecule has 1 aliphatic rings. The fourth-order valence-corrected chi connectivity index (χ4v) is 4.83. The monoisotopic (exact) mass is 410 g/mol. The molecule has 2 aromatic heterocycles. The smallest absolute Gasteiger partial charge is 0.326 e. The van der Waals surface area contributed by atoms with Crippen molar-refractivity contribution >= 4 is 11.2 Å². The molecule has 1 aromatic carbocycles. The average Bonchev–Trinajstić information content (AvgIpc) is 3.10. The molecule has 7 heteroatoms. The van der Waals surface area contributed by atoms with Gasteiger partial charge in [-0.15, -0.1) is 0 Å². The first-order chi connectivity index (χ1) is 14.4. The van der Waals surface area contributed by atoms with E-state index in [0.29, 0.717) is 23.8 Å². The molecule has 1 N–H and O–H groups in total. The van der Waals surface area contributed by atoms with E-state index >= 15 is 0 Å². The van der Waals surface area contributed by atoms with Gasteiger partial charge in [-0.2, -0.15) is 0 Å². The van der Waals surface area contributed by atoms with Gasteiger partial charge in [-0.3, -0.25) is 13.9 Å². The summed E-state index contributed by atoms with van der Waals surface area (Å²) in [7, 11) is 3.24. The van der Waals surface area contributed by atoms with Gasteiger partial charge in [0, 0.05) is 14.1 Å². The summed E-state index contributed by atoms with van der Waals surface area (Å²) in [5.74, 6) is 0.891. The average molecular weight is 411 g/mol. The number of likely N-dealkylation sites (tertiary alicyclic amines) is 1. The first-order valence-electron chi connectivity index (χ1n) is 11.0. The van der Waals surface area contributed by atoms with Crippen LogP contribution in [0.15, 0.2) is 33.9 Å². The van der Waals surface area contributed by atoms with Crippen LogP contribution in [0.2, 0.25) is 0 Å². The van der Waals surface area contributed by atoms with Gasteiger partial charge in [0.15, 0.2) is 17.0 Å². The second kappa shape index (κ2) is 8.22. The number of hydrogen-bond donors (Lipinski definition) is 1. The van der Waals surface area contributed by atoms with E-state index in [9.17, 15) is 9.59 Å². The number of quaternary nitrogens is 1. The number of imidazole rings is 1. The summed E-state index contributed by atoms with van der Waals surface area (Å²) < 4.78 is 4.73. The van der Waals surface area contributed by atoms with Gasteiger partial charge < -0.3 is 9.47 Å². The summed E-state index contributed by atoms with van der Waals surface area (Å²) in [5, 5.41) is 0. The Morgan fingerprint density at radius 1 is 1.13 bits per heavy atom. The lowest BCUT2D eigenvalue weighted by Crippen LogP contribution is -3.15. The summed E-state index contributed by atoms with van der Waals surface area (Å²) in [6, 6.07) is 8.86. The lowest BCUT2D eigenvalue weighted by molar-refractivity contribution is -0.944. The van der Waals surface area contributed by atoms with Crippen molar-refractivity contribution in [2.45, 2.75) is 58.7 Å². The summed E-state index contributed by atoms with van der Waals surface area (Å²) >= 11 is 0. The van der Waals surface area contributed by atoms with Crippen LogP contribution < -0.4 is 16.1 Å². The molecule has 0 bridgehead atoms. The third kappa shape index (κ3) is 3.51. The standard InChI is InChI=1S/C23H31N5O2/c1-5-18-12-8-9-13-27(18)15-19-24-21-20(22(29)26(4)23(30)25(21)3)28(19)14-17-11-7-6-10-16(17)2/h6-7,10-11,18H,5,8-9,12-15H2,1-4H3/p+1/t18-/m0/s1. The Hall–Kier alpha value is -2.67. The zero-order chi connectivity index (χ0) is 21.4. The number of benzene rings is 1. The second-order valence-electron chi connectivity index (χ2n) is 8.60. The Morgan fingerprint density at radius 3 is 2.63 bits per heavy atom. The summed E-state index contributed by atoms with van der Waals surface area (Å²) in [6.07, 6.45) is 4.90. The molecule has 0 aliphatic carbocycles. The van der Waals surface area contributed by atoms with Gasteiger partial charge in [0.2, 0.25) is 0 Å². The van der Waals surface area contributed by atoms with Crippen molar-refractivity contribution in [2.75, 3.05) is 6.54 Å². The highest BCUT2D eigenvalue weighted by Crippen LogP contribution is 2.17. The fraction of sp³-hybridized carbons (Fsp3) is 0.522. The molecule has 1 unspecified atom stereocenters. The SMILES string of the molecule is CC[C@H]1CCCC[NH+]1Cc1nc2c(c(=O)n(C)c(=O)n2C)n1Cc1ccccc1C. The van der Waals surface area contributed by atoms with Gasteiger partial charge >= 0.3 is 5.69 Å². The van der Waals surface area contributed by atoms with Crippen LogP contribution in [0.1, 0.15) is 49.6 Å². The Kier molecular flexibility index (Phi) is 5.64. The number of fused-ring (bicyclic) bond motifs is 1. The number of rotatable bonds is 5. The lowest BCUT2D eigenvalue weighted by atomic mass is 10.00. The zero-order valence-corrected chi connectivity index (χ0v) is 18.4. The highest BCUT2D eigenvalue weighted by molar-refractivity contribution is 5.71. The predicted octanol–water partition coefficient (Wildman–Crippen LogP) is 1.14. The topological polar surface area (TPSA) is 66.3 Å². The Balaban J connectivity index is 1.89. The van der Waals surface area contributed by atoms with Crippen molar-refractivity contribution in [2.24, 2.45) is 14.1 Å². The molecule has 0 radical (unpaired) electrons. The van der Waals surface area contributed by atoms with Gasteiger partial charge in [-0.1, -0.05) is 31.2 Å². The highest BCUT2D eigenvalue weighted by Gasteiger charge is 2.28. The van der Waals surface area contributed by atoms with Crippen molar-refractivity contribution < 1.29 is 4.90 Å². The van der Waals surface area contributed by atoms with Gasteiger partial charge in [0.1, 0.15) is 6.54 Å². The Morgan fingerprint density at radius 2 is 1.90 bits per heavy atom. The largest absolute Gasteiger partial charge is 0.332 e. The first kappa shape index (κ1) is 20.6. The fourth-order valence-electron chi connectivity index (χ4n) is 4.83. The minimum atomic E-state index is -0.337. The maximum Gasteiger partial charge on any atom is 0.332 e. The maximum atomic E-state index is 13.1. The lowest BCUT2D eigenvalue weighted by Gasteiger charge is -2.31. The molecule has 0 spiro atoms. The first-order valence-corrected chi connectivity index (χ1v) is 11.0. The molecule has 2 atom stereocenters. The third-order valence-electron chi connectivity index (χ3n) is 6.77. The number of aromatic nitrogens is 4. The number of aryl methyl sites for hydroxylation is 2. The van der Waals surface area contributed by atoms with Crippen LogP contribution in [0, 0.1) is 6.92 Å². The van der Waals surface area contributed by atoms with E-state index in [2.05, 4.69) is 26.0 Å². The minimum absolute atomic E-state index is 0.277. The van der Waals surface area contributed by atoms with Crippen molar-refractivity contribution in [3.8, 4) is 0 Å². The third-order valence-corrected chi connectivity index (χ3v) is 6.77. The number of nitrogens with zero attached hydrogens (tertiary/aromatic N) is 4. The van der Waals surface area contributed by atoms with Crippen LogP contribution in [0.3, 0.4) is 0 Å². The maximum absolute atomic E-state index is 13.1. The minimum Gasteiger partial charge on any atom is -0.326 e. The molecular formula is C23H32N5O2+. The predicted molar refractivity (Wildman–Crippen MR) is 118 cm³/mol. The van der Waals surface area contributed by atoms with Crippen molar-refractivity contribution in [3.05, 3.63) is 62.1 Å². The van der Waals surface area contributed by atoms with E-state index < -0.39 is 0 Å². The zero-order valence-electron chi connectivity index (χ0n) is 18.4. The normalized spacial score (nSPS) is 19.5. The summed E-state index contributed by atoms with van der Waals surface area (Å²) in [6.45, 7) is 6.83. The van der Waals surface area contributed by atoms with Crippen LogP contribution in [-0.4, -0.2) is 31.3 Å². The van der Waals surface area contributed by atoms with E-state index in [1.165, 1.54) is 45.9 Å². The molecule has 0 saturated carbocycles. The molecule has 3 heterocycles. The van der Waals surface area contributed by atoms with Crippen molar-refractivity contribution in [3.63, 3.8) is 0 Å². The molecule has 7 nitrogen and oxygen atoms in total. The van der Waals surface area contributed by atoms with E-state index in [4.69, 9.17) is 4.98 Å². The van der Waals surface area contributed by atoms with Gasteiger partial charge in [0.25, 0.3) is 5.56 Å². The van der Waals surface area contributed by atoms with Crippen LogP contribution in [0.25, 0.3) is 11.2 Å². The molecule has 1 aliphatic heterocycles. The molecule has 0 amide bonds. The second-order valence-corrected chi connectivity index (χ2v) is 8.60. The Bertz CT molecular complexity index is 1190. The molecule has 1 fully saturated rings. The highest BCUT2D eigenvalue weighted by atomic mass is 16.2. The molecular weight excluding hydrogens is 378 g/mol. The molecule has 1 saturated heterocycles. The summed E-state index contributed by atoms with van der Waals surface area (Å²) in [4.78, 5) is 32.0. The Labute approximate surface area is 176 Å². The van der Waals surface area contributed by atoms with Crippen LogP contribution >= 0.6 is 0 Å². The van der Waals surface area contributed by atoms with Crippen molar-refractivity contribution in [1.29, 1.82) is 0 Å². The van der Waals surface area contributed by atoms with E-state index in [0.717, 1.165) is 30.9 Å². The van der Waals surface area contributed by atoms with Crippen molar-refractivity contribution in [1.82, 2.24) is 18.7 Å². The number of piperidine rings is 1. The molecule has 160 valence electrons. The molecule has 4 rings (SSSR count). The summed E-state index contributed by atoms with van der Waals surface area (Å²) in [5.41, 5.74) is 2.73. The van der Waals surface area contributed by atoms with E-state index in [1.54, 1.807) is 7.05 Å². The number of hydrogen-bond acceptors (Lipinski definition) is 3. The van der Waals surface area contributed by atoms with Crippen LogP contribution in [-0.2, 0) is 27.2 Å². The van der Waals surface area contributed by atoms with E-state index in [1.807, 2.05) is 16.7 Å². The van der Waals surface area contributed by atoms with Crippen LogP contribution in [0.4, 0.5) is 0 Å². The van der Waals surface area contributed by atoms with Crippen LogP contribution in [0.5, 0.6) is 0 Å². The van der Waals surface area contributed by atoms with E-state index in [-0.39, 0.29) is 11.2 Å². The molecule has 3 aromatic rings. The number of nitrogens with one attached hydrogen (secondary N) is 1. The molecule has 30 heavy (non-hydrogen) atoms. The van der Waals surface area contributed by atoms with Gasteiger partial charge in [0.05, 0.1) is 19.1 Å². The van der Waals surface area contributed by atoms with Gasteiger partial charge in [-0.05, 0) is 43.7 Å². The quantitative estimate of drug-likeness (QED) is 0.686.